The molecule has 13 heteroatoms. The number of carboxylic acid groups (broad SMARTS) is 1. The van der Waals surface area contributed by atoms with E-state index in [1.54, 1.807) is 6.92 Å². The number of carboxylic acids is 1. The van der Waals surface area contributed by atoms with Gasteiger partial charge in [0, 0.05) is 19.5 Å². The molecule has 1 aliphatic heterocycles. The number of aromatic nitrogens is 4. The molecule has 1 fully saturated rings. The predicted octanol–water partition coefficient (Wildman–Crippen LogP) is -0.164. The molecule has 0 bridgehead atoms. The number of nitrogen functional groups attached to an aromatic ring is 1. The van der Waals surface area contributed by atoms with Crippen molar-refractivity contribution >= 4 is 34.8 Å². The van der Waals surface area contributed by atoms with Crippen molar-refractivity contribution in [1.82, 2.24) is 24.8 Å². The fourth-order valence-corrected chi connectivity index (χ4v) is 4.03. The van der Waals surface area contributed by atoms with Crippen LogP contribution in [0.2, 0.25) is 0 Å². The maximum atomic E-state index is 12.2. The summed E-state index contributed by atoms with van der Waals surface area (Å²) in [5, 5.41) is 35.4. The van der Waals surface area contributed by atoms with Crippen molar-refractivity contribution in [3.63, 3.8) is 0 Å². The largest absolute Gasteiger partial charge is 0.481 e. The molecule has 4 rings (SSSR count). The third-order valence-corrected chi connectivity index (χ3v) is 5.92. The fourth-order valence-electron chi connectivity index (χ4n) is 4.03. The number of nitrogens with two attached hydrogens (primary N) is 1. The van der Waals surface area contributed by atoms with Crippen LogP contribution in [0.1, 0.15) is 30.7 Å². The molecule has 2 aromatic heterocycles. The van der Waals surface area contributed by atoms with Gasteiger partial charge < -0.3 is 36.4 Å². The van der Waals surface area contributed by atoms with Crippen LogP contribution in [0.15, 0.2) is 30.6 Å². The molecule has 1 aliphatic rings. The van der Waals surface area contributed by atoms with E-state index >= 15 is 0 Å². The molecule has 7 N–H and O–H groups in total. The lowest BCUT2D eigenvalue weighted by molar-refractivity contribution is -0.138. The Kier molecular flexibility index (Phi) is 7.62. The number of hydrogen-bond acceptors (Lipinski definition) is 10. The lowest BCUT2D eigenvalue weighted by Crippen LogP contribution is -2.42. The van der Waals surface area contributed by atoms with E-state index in [0.29, 0.717) is 31.4 Å². The van der Waals surface area contributed by atoms with E-state index < -0.39 is 36.4 Å². The third-order valence-electron chi connectivity index (χ3n) is 5.92. The Morgan fingerprint density at radius 2 is 1.81 bits per heavy atom. The number of hydrogen-bond donors (Lipinski definition) is 6. The number of imidazole rings is 1. The summed E-state index contributed by atoms with van der Waals surface area (Å²) >= 11 is 0. The molecular weight excluding hydrogens is 470 g/mol. The second kappa shape index (κ2) is 10.8. The fraction of sp³-hybridized carbons (Fsp3) is 0.435. The number of amides is 1. The first-order chi connectivity index (χ1) is 17.3. The Morgan fingerprint density at radius 3 is 2.47 bits per heavy atom. The molecule has 0 saturated carbocycles. The number of fused-ring (bicyclic) bond motifs is 1. The standard InChI is InChI=1S/C23H29N7O6/c1-2-25-21(35)18-16(33)17(34)22(36-18)30-11-27-15-19(24)28-23(29-20(15)30)26-10-9-13-5-3-12(4-6-13)7-8-14(31)32/h3-6,11,16-18,22,33-34H,2,7-10H2,1H3,(H,25,35)(H,31,32)(H3,24,26,28,29)/t16-,17-,18-,22+/m1/s1. The summed E-state index contributed by atoms with van der Waals surface area (Å²) in [4.78, 5) is 35.8. The van der Waals surface area contributed by atoms with Gasteiger partial charge >= 0.3 is 5.97 Å². The molecule has 0 spiro atoms. The van der Waals surface area contributed by atoms with Crippen molar-refractivity contribution in [2.24, 2.45) is 0 Å². The smallest absolute Gasteiger partial charge is 0.303 e. The summed E-state index contributed by atoms with van der Waals surface area (Å²) < 4.78 is 7.09. The molecule has 3 aromatic rings. The van der Waals surface area contributed by atoms with Gasteiger partial charge in [0.05, 0.1) is 6.33 Å². The molecule has 13 nitrogen and oxygen atoms in total. The van der Waals surface area contributed by atoms with E-state index in [1.807, 2.05) is 24.3 Å². The van der Waals surface area contributed by atoms with Gasteiger partial charge in [-0.2, -0.15) is 9.97 Å². The first-order valence-corrected chi connectivity index (χ1v) is 11.6. The summed E-state index contributed by atoms with van der Waals surface area (Å²) in [5.74, 6) is -0.985. The van der Waals surface area contributed by atoms with Gasteiger partial charge in [-0.05, 0) is 30.9 Å². The number of aliphatic hydroxyl groups excluding tert-OH is 2. The lowest BCUT2D eigenvalue weighted by Gasteiger charge is -2.16. The minimum Gasteiger partial charge on any atom is -0.481 e. The number of aryl methyl sites for hydroxylation is 1. The minimum absolute atomic E-state index is 0.0905. The van der Waals surface area contributed by atoms with Crippen LogP contribution in [0.25, 0.3) is 11.2 Å². The highest BCUT2D eigenvalue weighted by molar-refractivity contribution is 5.83. The summed E-state index contributed by atoms with van der Waals surface area (Å²) in [6.45, 7) is 2.59. The SMILES string of the molecule is CCNC(=O)[C@@H]1O[C@H](n2cnc3c(N)nc(NCCc4ccc(CCC(=O)O)cc4)nc32)[C@H](O)[C@H]1O. The van der Waals surface area contributed by atoms with E-state index in [1.165, 1.54) is 10.9 Å². The highest BCUT2D eigenvalue weighted by Gasteiger charge is 2.47. The Balaban J connectivity index is 1.45. The van der Waals surface area contributed by atoms with Crippen LogP contribution in [0.5, 0.6) is 0 Å². The highest BCUT2D eigenvalue weighted by atomic mass is 16.6. The minimum atomic E-state index is -1.42. The van der Waals surface area contributed by atoms with Crippen LogP contribution in [-0.2, 0) is 27.2 Å². The van der Waals surface area contributed by atoms with Crippen LogP contribution >= 0.6 is 0 Å². The number of benzene rings is 1. The van der Waals surface area contributed by atoms with E-state index in [0.717, 1.165) is 11.1 Å². The molecule has 0 radical (unpaired) electrons. The number of anilines is 2. The number of carbonyl (C=O) groups is 2. The number of carbonyl (C=O) groups excluding carboxylic acids is 1. The zero-order chi connectivity index (χ0) is 25.8. The maximum absolute atomic E-state index is 12.2. The van der Waals surface area contributed by atoms with Crippen molar-refractivity contribution in [1.29, 1.82) is 0 Å². The van der Waals surface area contributed by atoms with E-state index in [2.05, 4.69) is 25.6 Å². The van der Waals surface area contributed by atoms with Crippen molar-refractivity contribution in [2.75, 3.05) is 24.1 Å². The van der Waals surface area contributed by atoms with Gasteiger partial charge in [-0.3, -0.25) is 14.2 Å². The number of aliphatic carboxylic acids is 1. The highest BCUT2D eigenvalue weighted by Crippen LogP contribution is 2.32. The molecule has 1 amide bonds. The zero-order valence-corrected chi connectivity index (χ0v) is 19.7. The quantitative estimate of drug-likeness (QED) is 0.217. The van der Waals surface area contributed by atoms with Gasteiger partial charge in [-0.1, -0.05) is 24.3 Å². The van der Waals surface area contributed by atoms with Crippen molar-refractivity contribution < 1.29 is 29.6 Å². The van der Waals surface area contributed by atoms with Gasteiger partial charge in [0.2, 0.25) is 5.95 Å². The van der Waals surface area contributed by atoms with E-state index in [-0.39, 0.29) is 23.8 Å². The van der Waals surface area contributed by atoms with Crippen LogP contribution in [0.3, 0.4) is 0 Å². The van der Waals surface area contributed by atoms with Crippen molar-refractivity contribution in [3.05, 3.63) is 41.7 Å². The van der Waals surface area contributed by atoms with E-state index in [9.17, 15) is 19.8 Å². The average Bonchev–Trinajstić information content (AvgIpc) is 3.40. The molecule has 192 valence electrons. The van der Waals surface area contributed by atoms with E-state index in [4.69, 9.17) is 15.6 Å². The zero-order valence-electron chi connectivity index (χ0n) is 19.7. The monoisotopic (exact) mass is 499 g/mol. The molecule has 0 aliphatic carbocycles. The Bertz CT molecular complexity index is 1230. The molecule has 0 unspecified atom stereocenters. The molecule has 3 heterocycles. The number of nitrogens with zero attached hydrogens (tertiary/aromatic N) is 4. The van der Waals surface area contributed by atoms with Crippen LogP contribution in [0.4, 0.5) is 11.8 Å². The first kappa shape index (κ1) is 25.3. The normalized spacial score (nSPS) is 21.5. The van der Waals surface area contributed by atoms with Gasteiger partial charge in [-0.15, -0.1) is 0 Å². The summed E-state index contributed by atoms with van der Waals surface area (Å²) in [5.41, 5.74) is 8.65. The molecule has 4 atom stereocenters. The van der Waals surface area contributed by atoms with Gasteiger partial charge in [0.15, 0.2) is 23.8 Å². The first-order valence-electron chi connectivity index (χ1n) is 11.6. The summed E-state index contributed by atoms with van der Waals surface area (Å²) in [6, 6.07) is 7.71. The van der Waals surface area contributed by atoms with Gasteiger partial charge in [0.25, 0.3) is 5.91 Å². The van der Waals surface area contributed by atoms with Crippen molar-refractivity contribution in [3.8, 4) is 0 Å². The third kappa shape index (κ3) is 5.37. The Labute approximate surface area is 206 Å². The predicted molar refractivity (Wildman–Crippen MR) is 129 cm³/mol. The number of rotatable bonds is 10. The topological polar surface area (TPSA) is 198 Å². The molecule has 1 saturated heterocycles. The number of ether oxygens (including phenoxy) is 1. The maximum Gasteiger partial charge on any atom is 0.303 e. The molecule has 36 heavy (non-hydrogen) atoms. The Hall–Kier alpha value is -3.81. The second-order valence-electron chi connectivity index (χ2n) is 8.47. The number of nitrogens with one attached hydrogen (secondary N) is 2. The van der Waals surface area contributed by atoms with Crippen LogP contribution < -0.4 is 16.4 Å². The number of aliphatic hydroxyl groups is 2. The van der Waals surface area contributed by atoms with Gasteiger partial charge in [-0.25, -0.2) is 4.98 Å². The van der Waals surface area contributed by atoms with Crippen LogP contribution in [0, 0.1) is 0 Å². The summed E-state index contributed by atoms with van der Waals surface area (Å²) in [6.07, 6.45) is -2.56. The summed E-state index contributed by atoms with van der Waals surface area (Å²) in [7, 11) is 0. The lowest BCUT2D eigenvalue weighted by atomic mass is 10.1. The van der Waals surface area contributed by atoms with Crippen LogP contribution in [-0.4, -0.2) is 78.1 Å². The van der Waals surface area contributed by atoms with Gasteiger partial charge in [0.1, 0.15) is 17.7 Å². The molecule has 1 aromatic carbocycles. The second-order valence-corrected chi connectivity index (χ2v) is 8.47. The molecular formula is C23H29N7O6. The average molecular weight is 500 g/mol. The Morgan fingerprint density at radius 1 is 1.11 bits per heavy atom. The van der Waals surface area contributed by atoms with Crippen molar-refractivity contribution in [2.45, 2.75) is 50.7 Å². The number of likely N-dealkylation sites (N-methyl/N-ethyl adjacent to an activating group) is 1.